The highest BCUT2D eigenvalue weighted by molar-refractivity contribution is 6.01. The van der Waals surface area contributed by atoms with Crippen LogP contribution in [0.25, 0.3) is 0 Å². The number of ether oxygens (including phenoxy) is 1. The number of nitrogens with one attached hydrogen (secondary N) is 2. The first-order valence-corrected chi connectivity index (χ1v) is 10.4. The summed E-state index contributed by atoms with van der Waals surface area (Å²) in [6.07, 6.45) is 6.23. The van der Waals surface area contributed by atoms with Crippen molar-refractivity contribution >= 4 is 17.7 Å². The van der Waals surface area contributed by atoms with Crippen LogP contribution in [0.2, 0.25) is 0 Å². The van der Waals surface area contributed by atoms with Crippen molar-refractivity contribution in [2.24, 2.45) is 17.8 Å². The maximum atomic E-state index is 12.8. The lowest BCUT2D eigenvalue weighted by Gasteiger charge is -2.57. The highest BCUT2D eigenvalue weighted by Gasteiger charge is 2.51. The molecule has 1 aromatic heterocycles. The van der Waals surface area contributed by atoms with Gasteiger partial charge in [0.15, 0.2) is 11.9 Å². The van der Waals surface area contributed by atoms with E-state index in [1.54, 1.807) is 20.8 Å². The van der Waals surface area contributed by atoms with Crippen molar-refractivity contribution < 1.29 is 19.1 Å². The van der Waals surface area contributed by atoms with Gasteiger partial charge in [0.2, 0.25) is 0 Å². The normalized spacial score (nSPS) is 31.5. The number of Topliss-reactive ketones (excluding diaryl/α,β-unsaturated/α-hetero) is 1. The van der Waals surface area contributed by atoms with Gasteiger partial charge >= 0.3 is 5.97 Å². The zero-order valence-corrected chi connectivity index (χ0v) is 17.2. The van der Waals surface area contributed by atoms with Crippen LogP contribution in [-0.2, 0) is 9.53 Å². The summed E-state index contributed by atoms with van der Waals surface area (Å²) in [5.41, 5.74) is 1.87. The number of aryl methyl sites for hydroxylation is 1. The highest BCUT2D eigenvalue weighted by atomic mass is 16.5. The molecule has 28 heavy (non-hydrogen) atoms. The number of ketones is 1. The number of aromatic amines is 1. The average molecular weight is 386 g/mol. The van der Waals surface area contributed by atoms with Gasteiger partial charge in [-0.05, 0) is 89.5 Å². The van der Waals surface area contributed by atoms with Crippen LogP contribution in [0.3, 0.4) is 0 Å². The van der Waals surface area contributed by atoms with Gasteiger partial charge in [-0.1, -0.05) is 0 Å². The number of amides is 1. The molecule has 4 bridgehead atoms. The van der Waals surface area contributed by atoms with E-state index in [-0.39, 0.29) is 22.9 Å². The van der Waals surface area contributed by atoms with Gasteiger partial charge in [-0.3, -0.25) is 9.59 Å². The van der Waals surface area contributed by atoms with Crippen LogP contribution in [0.1, 0.15) is 84.5 Å². The SMILES string of the molecule is CC(=O)c1c(C)[nH]c(C(=O)O[C@H](C)C(=O)NC23CC4CC(CC(C4)C2)C3)c1C. The van der Waals surface area contributed by atoms with Crippen molar-refractivity contribution in [3.8, 4) is 0 Å². The second-order valence-electron chi connectivity index (χ2n) is 9.42. The van der Waals surface area contributed by atoms with E-state index in [0.717, 1.165) is 37.0 Å². The molecule has 1 amide bonds. The van der Waals surface area contributed by atoms with E-state index in [2.05, 4.69) is 10.3 Å². The number of H-pyrrole nitrogens is 1. The summed E-state index contributed by atoms with van der Waals surface area (Å²) in [5.74, 6) is 1.29. The number of rotatable bonds is 5. The van der Waals surface area contributed by atoms with E-state index >= 15 is 0 Å². The van der Waals surface area contributed by atoms with Crippen molar-refractivity contribution in [2.45, 2.75) is 77.9 Å². The minimum atomic E-state index is -0.871. The predicted octanol–water partition coefficient (Wildman–Crippen LogP) is 3.46. The minimum absolute atomic E-state index is 0.0992. The number of hydrogen-bond acceptors (Lipinski definition) is 4. The Morgan fingerprint density at radius 2 is 1.61 bits per heavy atom. The molecule has 2 N–H and O–H groups in total. The monoisotopic (exact) mass is 386 g/mol. The van der Waals surface area contributed by atoms with Crippen LogP contribution in [0.15, 0.2) is 0 Å². The fourth-order valence-corrected chi connectivity index (χ4v) is 6.38. The molecule has 6 heteroatoms. The van der Waals surface area contributed by atoms with Gasteiger partial charge in [-0.2, -0.15) is 0 Å². The van der Waals surface area contributed by atoms with Crippen molar-refractivity contribution in [1.29, 1.82) is 0 Å². The number of aromatic nitrogens is 1. The van der Waals surface area contributed by atoms with Crippen LogP contribution in [0.5, 0.6) is 0 Å². The van der Waals surface area contributed by atoms with E-state index in [1.165, 1.54) is 26.2 Å². The number of carbonyl (C=O) groups is 3. The van der Waals surface area contributed by atoms with Crippen molar-refractivity contribution in [1.82, 2.24) is 10.3 Å². The van der Waals surface area contributed by atoms with Crippen molar-refractivity contribution in [3.63, 3.8) is 0 Å². The smallest absolute Gasteiger partial charge is 0.355 e. The van der Waals surface area contributed by atoms with Gasteiger partial charge in [0.05, 0.1) is 0 Å². The minimum Gasteiger partial charge on any atom is -0.448 e. The predicted molar refractivity (Wildman–Crippen MR) is 104 cm³/mol. The number of hydrogen-bond donors (Lipinski definition) is 2. The van der Waals surface area contributed by atoms with E-state index in [1.807, 2.05) is 0 Å². The highest BCUT2D eigenvalue weighted by Crippen LogP contribution is 2.55. The van der Waals surface area contributed by atoms with Gasteiger partial charge in [-0.15, -0.1) is 0 Å². The van der Waals surface area contributed by atoms with Crippen LogP contribution in [0, 0.1) is 31.6 Å². The molecule has 0 unspecified atom stereocenters. The molecule has 4 saturated carbocycles. The van der Waals surface area contributed by atoms with Crippen LogP contribution in [0.4, 0.5) is 0 Å². The Labute approximate surface area is 165 Å². The van der Waals surface area contributed by atoms with Gasteiger partial charge in [0.25, 0.3) is 5.91 Å². The topological polar surface area (TPSA) is 88.3 Å². The molecule has 1 atom stereocenters. The van der Waals surface area contributed by atoms with E-state index < -0.39 is 12.1 Å². The zero-order valence-electron chi connectivity index (χ0n) is 17.2. The zero-order chi connectivity index (χ0) is 20.2. The van der Waals surface area contributed by atoms with Crippen molar-refractivity contribution in [3.05, 3.63) is 22.5 Å². The fraction of sp³-hybridized carbons (Fsp3) is 0.682. The molecule has 0 radical (unpaired) electrons. The summed E-state index contributed by atoms with van der Waals surface area (Å²) >= 11 is 0. The van der Waals surface area contributed by atoms with E-state index in [9.17, 15) is 14.4 Å². The molecule has 1 aromatic rings. The van der Waals surface area contributed by atoms with Crippen LogP contribution in [-0.4, -0.2) is 34.3 Å². The summed E-state index contributed by atoms with van der Waals surface area (Å²) in [5, 5.41) is 3.25. The lowest BCUT2D eigenvalue weighted by atomic mass is 9.53. The van der Waals surface area contributed by atoms with Gasteiger partial charge < -0.3 is 15.0 Å². The third-order valence-electron chi connectivity index (χ3n) is 7.07. The molecule has 4 aliphatic rings. The van der Waals surface area contributed by atoms with Gasteiger partial charge in [-0.25, -0.2) is 4.79 Å². The molecule has 5 rings (SSSR count). The standard InChI is InChI=1S/C22H30N2O4/c1-11-18(13(3)25)12(2)23-19(11)21(27)28-14(4)20(26)24-22-8-15-5-16(9-22)7-17(6-15)10-22/h14-17,23H,5-10H2,1-4H3,(H,24,26)/t14-,15?,16?,17?,22?/m1/s1. The Bertz CT molecular complexity index is 803. The fourth-order valence-electron chi connectivity index (χ4n) is 6.38. The molecule has 4 fully saturated rings. The second kappa shape index (κ2) is 6.75. The first-order chi connectivity index (χ1) is 13.2. The third kappa shape index (κ3) is 3.27. The number of carbonyl (C=O) groups excluding carboxylic acids is 3. The molecular weight excluding hydrogens is 356 g/mol. The summed E-state index contributed by atoms with van der Waals surface area (Å²) in [6.45, 7) is 6.56. The Kier molecular flexibility index (Phi) is 4.63. The summed E-state index contributed by atoms with van der Waals surface area (Å²) in [6, 6.07) is 0. The molecule has 6 nitrogen and oxygen atoms in total. The van der Waals surface area contributed by atoms with Crippen molar-refractivity contribution in [2.75, 3.05) is 0 Å². The largest absolute Gasteiger partial charge is 0.448 e. The lowest BCUT2D eigenvalue weighted by Crippen LogP contribution is -2.61. The molecule has 0 spiro atoms. The summed E-state index contributed by atoms with van der Waals surface area (Å²) < 4.78 is 5.45. The van der Waals surface area contributed by atoms with Crippen LogP contribution >= 0.6 is 0 Å². The molecule has 0 aromatic carbocycles. The molecule has 0 aliphatic heterocycles. The molecular formula is C22H30N2O4. The maximum absolute atomic E-state index is 12.8. The number of esters is 1. The molecule has 152 valence electrons. The Hall–Kier alpha value is -2.11. The summed E-state index contributed by atoms with van der Waals surface area (Å²) in [4.78, 5) is 40.1. The van der Waals surface area contributed by atoms with E-state index in [0.29, 0.717) is 16.8 Å². The maximum Gasteiger partial charge on any atom is 0.355 e. The molecule has 1 heterocycles. The Balaban J connectivity index is 1.42. The lowest BCUT2D eigenvalue weighted by molar-refractivity contribution is -0.134. The van der Waals surface area contributed by atoms with Crippen LogP contribution < -0.4 is 5.32 Å². The quantitative estimate of drug-likeness (QED) is 0.599. The van der Waals surface area contributed by atoms with E-state index in [4.69, 9.17) is 4.74 Å². The third-order valence-corrected chi connectivity index (χ3v) is 7.07. The second-order valence-corrected chi connectivity index (χ2v) is 9.42. The first-order valence-electron chi connectivity index (χ1n) is 10.4. The Morgan fingerprint density at radius 3 is 2.07 bits per heavy atom. The first kappa shape index (κ1) is 19.2. The Morgan fingerprint density at radius 1 is 1.07 bits per heavy atom. The average Bonchev–Trinajstić information content (AvgIpc) is 2.87. The molecule has 4 aliphatic carbocycles. The molecule has 0 saturated heterocycles. The van der Waals surface area contributed by atoms with Gasteiger partial charge in [0.1, 0.15) is 5.69 Å². The van der Waals surface area contributed by atoms with Gasteiger partial charge in [0, 0.05) is 16.8 Å². The summed E-state index contributed by atoms with van der Waals surface area (Å²) in [7, 11) is 0.